The lowest BCUT2D eigenvalue weighted by Gasteiger charge is -2.31. The monoisotopic (exact) mass is 560 g/mol. The molecule has 0 saturated heterocycles. The molecule has 0 amide bonds. The molecular weight excluding hydrogens is 520 g/mol. The average molecular weight is 561 g/mol. The maximum atomic E-state index is 14.5. The smallest absolute Gasteiger partial charge is 0.344 e. The molecule has 2 saturated carbocycles. The first-order chi connectivity index (χ1) is 19.3. The van der Waals surface area contributed by atoms with Crippen LogP contribution in [-0.4, -0.2) is 18.9 Å². The van der Waals surface area contributed by atoms with Gasteiger partial charge in [0.1, 0.15) is 5.75 Å². The third-order valence-electron chi connectivity index (χ3n) is 9.60. The number of ether oxygens (including phenoxy) is 1. The number of hydrogen-bond donors (Lipinski definition) is 1. The maximum absolute atomic E-state index is 14.5. The van der Waals surface area contributed by atoms with Crippen LogP contribution in [0.4, 0.5) is 0 Å². The molecule has 0 bridgehead atoms. The van der Waals surface area contributed by atoms with Gasteiger partial charge in [-0.2, -0.15) is 8.42 Å². The van der Waals surface area contributed by atoms with Gasteiger partial charge in [0.2, 0.25) is 0 Å². The van der Waals surface area contributed by atoms with Gasteiger partial charge >= 0.3 is 5.97 Å². The summed E-state index contributed by atoms with van der Waals surface area (Å²) in [6.07, 6.45) is 14.4. The predicted octanol–water partition coefficient (Wildman–Crippen LogP) is 8.59. The highest BCUT2D eigenvalue weighted by atomic mass is 32.2. The lowest BCUT2D eigenvalue weighted by Crippen LogP contribution is -2.22. The van der Waals surface area contributed by atoms with E-state index >= 15 is 0 Å². The van der Waals surface area contributed by atoms with E-state index in [1.165, 1.54) is 50.0 Å². The van der Waals surface area contributed by atoms with E-state index in [9.17, 15) is 17.8 Å². The summed E-state index contributed by atoms with van der Waals surface area (Å²) in [7, 11) is -4.37. The number of fused-ring (bicyclic) bond motifs is 2. The summed E-state index contributed by atoms with van der Waals surface area (Å²) in [5.41, 5.74) is 4.96. The zero-order valence-corrected chi connectivity index (χ0v) is 24.3. The Balaban J connectivity index is 1.53. The summed E-state index contributed by atoms with van der Waals surface area (Å²) in [4.78, 5) is 14.5. The van der Waals surface area contributed by atoms with Crippen LogP contribution in [-0.2, 0) is 23.0 Å². The summed E-state index contributed by atoms with van der Waals surface area (Å²) in [5.74, 6) is 0.814. The van der Waals surface area contributed by atoms with Gasteiger partial charge in [-0.15, -0.1) is 0 Å². The van der Waals surface area contributed by atoms with E-state index in [0.29, 0.717) is 41.6 Å². The minimum atomic E-state index is -4.37. The van der Waals surface area contributed by atoms with E-state index in [1.807, 2.05) is 0 Å². The van der Waals surface area contributed by atoms with Gasteiger partial charge in [-0.25, -0.2) is 4.79 Å². The Hall–Kier alpha value is -2.70. The lowest BCUT2D eigenvalue weighted by atomic mass is 9.74. The van der Waals surface area contributed by atoms with Crippen molar-refractivity contribution in [2.24, 2.45) is 0 Å². The number of carbonyl (C=O) groups is 1. The van der Waals surface area contributed by atoms with Crippen molar-refractivity contribution >= 4 is 26.9 Å². The predicted molar refractivity (Wildman–Crippen MR) is 158 cm³/mol. The minimum Gasteiger partial charge on any atom is -0.422 e. The van der Waals surface area contributed by atoms with Crippen LogP contribution >= 0.6 is 0 Å². The molecule has 0 heterocycles. The van der Waals surface area contributed by atoms with E-state index in [2.05, 4.69) is 30.3 Å². The molecule has 3 aliphatic carbocycles. The van der Waals surface area contributed by atoms with Crippen LogP contribution in [0.3, 0.4) is 0 Å². The molecular formula is C34H40O5S. The van der Waals surface area contributed by atoms with Gasteiger partial charge in [0.05, 0.1) is 10.5 Å². The van der Waals surface area contributed by atoms with Gasteiger partial charge in [0.15, 0.2) is 0 Å². The molecule has 40 heavy (non-hydrogen) atoms. The standard InChI is InChI=1S/C34H40O5S/c1-22-20-30(40(36,37)38)27-18-10-11-19-28(27)33(22)39-34(35)32-29(23-12-4-2-5-13-23)21-25-16-8-9-17-26(25)31(32)24-14-6-3-7-15-24/h8-9,16-17,20-21,23-24H,2-7,10-15,18-19H2,1H3,(H,36,37,38). The molecule has 3 aliphatic rings. The van der Waals surface area contributed by atoms with Gasteiger partial charge < -0.3 is 4.74 Å². The summed E-state index contributed by atoms with van der Waals surface area (Å²) in [6, 6.07) is 12.2. The van der Waals surface area contributed by atoms with Crippen molar-refractivity contribution in [1.29, 1.82) is 0 Å². The van der Waals surface area contributed by atoms with Crippen LogP contribution in [0.5, 0.6) is 5.75 Å². The molecule has 3 aromatic carbocycles. The summed E-state index contributed by atoms with van der Waals surface area (Å²) < 4.78 is 40.8. The minimum absolute atomic E-state index is 0.0454. The zero-order chi connectivity index (χ0) is 27.9. The van der Waals surface area contributed by atoms with Crippen molar-refractivity contribution in [2.75, 3.05) is 0 Å². The van der Waals surface area contributed by atoms with Crippen LogP contribution < -0.4 is 4.74 Å². The third kappa shape index (κ3) is 5.21. The van der Waals surface area contributed by atoms with E-state index < -0.39 is 10.1 Å². The van der Waals surface area contributed by atoms with Crippen molar-refractivity contribution in [3.63, 3.8) is 0 Å². The molecule has 0 unspecified atom stereocenters. The lowest BCUT2D eigenvalue weighted by molar-refractivity contribution is 0.0727. The molecule has 6 heteroatoms. The number of esters is 1. The summed E-state index contributed by atoms with van der Waals surface area (Å²) >= 11 is 0. The van der Waals surface area contributed by atoms with Crippen molar-refractivity contribution in [2.45, 2.75) is 114 Å². The largest absolute Gasteiger partial charge is 0.422 e. The molecule has 3 aromatic rings. The second-order valence-corrected chi connectivity index (χ2v) is 13.6. The quantitative estimate of drug-likeness (QED) is 0.192. The van der Waals surface area contributed by atoms with Gasteiger partial charge in [0.25, 0.3) is 10.1 Å². The molecule has 0 aromatic heterocycles. The van der Waals surface area contributed by atoms with Gasteiger partial charge in [0, 0.05) is 0 Å². The van der Waals surface area contributed by atoms with E-state index in [0.717, 1.165) is 66.2 Å². The molecule has 5 nitrogen and oxygen atoms in total. The second-order valence-electron chi connectivity index (χ2n) is 12.2. The van der Waals surface area contributed by atoms with Crippen LogP contribution in [0.25, 0.3) is 10.8 Å². The molecule has 0 atom stereocenters. The molecule has 2 fully saturated rings. The van der Waals surface area contributed by atoms with E-state index in [-0.39, 0.29) is 10.9 Å². The van der Waals surface area contributed by atoms with Gasteiger partial charge in [-0.1, -0.05) is 62.8 Å². The number of rotatable bonds is 5. The van der Waals surface area contributed by atoms with Crippen molar-refractivity contribution in [3.05, 3.63) is 69.8 Å². The summed E-state index contributed by atoms with van der Waals surface area (Å²) in [5, 5.41) is 2.35. The number of aryl methyl sites for hydroxylation is 1. The molecule has 0 radical (unpaired) electrons. The number of carbonyl (C=O) groups excluding carboxylic acids is 1. The topological polar surface area (TPSA) is 80.7 Å². The fourth-order valence-corrected chi connectivity index (χ4v) is 8.57. The summed E-state index contributed by atoms with van der Waals surface area (Å²) in [6.45, 7) is 1.77. The van der Waals surface area contributed by atoms with E-state index in [1.54, 1.807) is 6.92 Å². The Labute approximate surface area is 238 Å². The van der Waals surface area contributed by atoms with Gasteiger partial charge in [-0.3, -0.25) is 4.55 Å². The zero-order valence-electron chi connectivity index (χ0n) is 23.5. The van der Waals surface area contributed by atoms with Crippen LogP contribution in [0.2, 0.25) is 0 Å². The average Bonchev–Trinajstić information content (AvgIpc) is 2.97. The number of benzene rings is 3. The first-order valence-electron chi connectivity index (χ1n) is 15.2. The Morgan fingerprint density at radius 3 is 2.12 bits per heavy atom. The first-order valence-corrected chi connectivity index (χ1v) is 16.7. The fourth-order valence-electron chi connectivity index (χ4n) is 7.71. The highest BCUT2D eigenvalue weighted by Crippen LogP contribution is 2.45. The molecule has 0 spiro atoms. The Kier molecular flexibility index (Phi) is 7.75. The van der Waals surface area contributed by atoms with Crippen LogP contribution in [0.1, 0.15) is 127 Å². The van der Waals surface area contributed by atoms with Gasteiger partial charge in [-0.05, 0) is 121 Å². The van der Waals surface area contributed by atoms with Crippen molar-refractivity contribution in [3.8, 4) is 5.75 Å². The Morgan fingerprint density at radius 1 is 0.825 bits per heavy atom. The second kappa shape index (κ2) is 11.3. The Bertz CT molecular complexity index is 1540. The highest BCUT2D eigenvalue weighted by Gasteiger charge is 2.33. The SMILES string of the molecule is Cc1cc(S(=O)(=O)O)c2c(c1OC(=O)c1c(C3CCCCC3)cc3ccccc3c1C1CCCCC1)CCCC2. The molecule has 0 aliphatic heterocycles. The third-order valence-corrected chi connectivity index (χ3v) is 10.5. The van der Waals surface area contributed by atoms with Crippen LogP contribution in [0, 0.1) is 6.92 Å². The van der Waals surface area contributed by atoms with Crippen molar-refractivity contribution in [1.82, 2.24) is 0 Å². The van der Waals surface area contributed by atoms with Crippen molar-refractivity contribution < 1.29 is 22.5 Å². The highest BCUT2D eigenvalue weighted by molar-refractivity contribution is 7.85. The fraction of sp³-hybridized carbons (Fsp3) is 0.500. The maximum Gasteiger partial charge on any atom is 0.344 e. The molecule has 1 N–H and O–H groups in total. The first kappa shape index (κ1) is 27.5. The molecule has 6 rings (SSSR count). The normalized spacial score (nSPS) is 18.9. The molecule has 212 valence electrons. The Morgan fingerprint density at radius 2 is 1.45 bits per heavy atom. The van der Waals surface area contributed by atoms with Crippen LogP contribution in [0.15, 0.2) is 41.3 Å². The van der Waals surface area contributed by atoms with E-state index in [4.69, 9.17) is 4.74 Å². The number of hydrogen-bond acceptors (Lipinski definition) is 4.